The second-order valence-corrected chi connectivity index (χ2v) is 10.6. The van der Waals surface area contributed by atoms with Crippen LogP contribution in [0.15, 0.2) is 78.9 Å². The third-order valence-corrected chi connectivity index (χ3v) is 7.90. The molecule has 0 aliphatic carbocycles. The topological polar surface area (TPSA) is 85.4 Å². The number of rotatable bonds is 6. The fraction of sp³-hybridized carbons (Fsp3) is 0.323. The summed E-state index contributed by atoms with van der Waals surface area (Å²) >= 11 is 0. The molecule has 0 saturated carbocycles. The van der Waals surface area contributed by atoms with E-state index in [1.807, 2.05) is 79.7 Å². The predicted molar refractivity (Wildman–Crippen MR) is 149 cm³/mol. The molecule has 3 aromatic rings. The Hall–Kier alpha value is -4.37. The zero-order valence-electron chi connectivity index (χ0n) is 22.7. The van der Waals surface area contributed by atoms with E-state index in [1.165, 1.54) is 5.01 Å². The lowest BCUT2D eigenvalue weighted by Crippen LogP contribution is -2.62. The average Bonchev–Trinajstić information content (AvgIpc) is 3.52. The number of fused-ring (bicyclic) bond motifs is 2. The molecule has 0 spiro atoms. The van der Waals surface area contributed by atoms with E-state index in [-0.39, 0.29) is 37.0 Å². The summed E-state index contributed by atoms with van der Waals surface area (Å²) in [5.41, 5.74) is 3.81. The molecular weight excluding hydrogens is 506 g/mol. The molecule has 1 unspecified atom stereocenters. The van der Waals surface area contributed by atoms with Gasteiger partial charge in [-0.2, -0.15) is 5.01 Å². The number of nitrogens with one attached hydrogen (secondary N) is 1. The number of benzene rings is 3. The van der Waals surface area contributed by atoms with Gasteiger partial charge in [0.05, 0.1) is 13.1 Å². The van der Waals surface area contributed by atoms with E-state index in [0.29, 0.717) is 13.1 Å². The molecule has 3 aromatic carbocycles. The molecule has 3 heterocycles. The molecule has 3 aliphatic rings. The van der Waals surface area contributed by atoms with Crippen LogP contribution in [0.3, 0.4) is 0 Å². The molecule has 0 radical (unpaired) electrons. The maximum Gasteiger partial charge on any atom is 0.332 e. The highest BCUT2D eigenvalue weighted by Gasteiger charge is 2.52. The van der Waals surface area contributed by atoms with Crippen LogP contribution in [0.1, 0.15) is 35.2 Å². The van der Waals surface area contributed by atoms with E-state index in [0.717, 1.165) is 34.4 Å². The first-order chi connectivity index (χ1) is 19.4. The van der Waals surface area contributed by atoms with Gasteiger partial charge in [-0.15, -0.1) is 0 Å². The van der Waals surface area contributed by atoms with Crippen LogP contribution in [-0.2, 0) is 29.1 Å². The summed E-state index contributed by atoms with van der Waals surface area (Å²) in [6.45, 7) is 3.04. The van der Waals surface area contributed by atoms with Crippen molar-refractivity contribution >= 4 is 17.8 Å². The molecule has 1 N–H and O–H groups in total. The van der Waals surface area contributed by atoms with Crippen molar-refractivity contribution in [3.05, 3.63) is 101 Å². The van der Waals surface area contributed by atoms with Gasteiger partial charge in [-0.3, -0.25) is 14.6 Å². The van der Waals surface area contributed by atoms with Gasteiger partial charge in [0, 0.05) is 32.1 Å². The van der Waals surface area contributed by atoms with Gasteiger partial charge >= 0.3 is 6.03 Å². The number of urea groups is 1. The number of para-hydroxylation sites is 1. The van der Waals surface area contributed by atoms with Crippen LogP contribution in [0.4, 0.5) is 4.79 Å². The quantitative estimate of drug-likeness (QED) is 0.520. The first kappa shape index (κ1) is 25.9. The number of hydrogen-bond acceptors (Lipinski definition) is 5. The molecule has 6 rings (SSSR count). The van der Waals surface area contributed by atoms with E-state index in [9.17, 15) is 14.4 Å². The summed E-state index contributed by atoms with van der Waals surface area (Å²) in [5.74, 6) is 0.517. The minimum Gasteiger partial charge on any atom is -0.490 e. The fourth-order valence-electron chi connectivity index (χ4n) is 5.94. The van der Waals surface area contributed by atoms with Crippen LogP contribution in [0, 0.1) is 0 Å². The summed E-state index contributed by atoms with van der Waals surface area (Å²) in [4.78, 5) is 44.1. The highest BCUT2D eigenvalue weighted by molar-refractivity contribution is 5.92. The van der Waals surface area contributed by atoms with Crippen LogP contribution in [-0.4, -0.2) is 70.1 Å². The molecular formula is C31H33N5O4. The first-order valence-corrected chi connectivity index (χ1v) is 13.6. The Morgan fingerprint density at radius 2 is 1.73 bits per heavy atom. The molecule has 3 atom stereocenters. The lowest BCUT2D eigenvalue weighted by atomic mass is 9.99. The van der Waals surface area contributed by atoms with Gasteiger partial charge in [-0.1, -0.05) is 78.9 Å². The number of hydrogen-bond donors (Lipinski definition) is 1. The summed E-state index contributed by atoms with van der Waals surface area (Å²) in [6, 6.07) is 24.0. The number of hydrazine groups is 1. The first-order valence-electron chi connectivity index (χ1n) is 13.6. The zero-order valence-corrected chi connectivity index (χ0v) is 22.7. The number of carbonyl (C=O) groups excluding carboxylic acids is 3. The van der Waals surface area contributed by atoms with Crippen molar-refractivity contribution in [2.45, 2.75) is 44.7 Å². The van der Waals surface area contributed by atoms with Crippen LogP contribution in [0.5, 0.6) is 5.75 Å². The summed E-state index contributed by atoms with van der Waals surface area (Å²) in [5, 5.41) is 6.16. The SMILES string of the molecule is CC1Cc2cccc(CN3C[C@H]4N(C(=O)CN4N(C)C(=O)NCc4ccccc4)[C@@H](c4ccccc4)C3=O)c2O1. The van der Waals surface area contributed by atoms with E-state index in [4.69, 9.17) is 4.74 Å². The Balaban J connectivity index is 1.28. The summed E-state index contributed by atoms with van der Waals surface area (Å²) in [6.07, 6.45) is 0.428. The third kappa shape index (κ3) is 4.77. The van der Waals surface area contributed by atoms with Crippen molar-refractivity contribution in [2.24, 2.45) is 0 Å². The van der Waals surface area contributed by atoms with Crippen LogP contribution in [0.2, 0.25) is 0 Å². The lowest BCUT2D eigenvalue weighted by Gasteiger charge is -2.45. The molecule has 2 fully saturated rings. The van der Waals surface area contributed by atoms with Gasteiger partial charge in [-0.25, -0.2) is 4.79 Å². The molecule has 40 heavy (non-hydrogen) atoms. The summed E-state index contributed by atoms with van der Waals surface area (Å²) in [7, 11) is 1.66. The second kappa shape index (κ2) is 10.7. The van der Waals surface area contributed by atoms with Gasteiger partial charge in [-0.05, 0) is 23.6 Å². The molecule has 0 aromatic heterocycles. The summed E-state index contributed by atoms with van der Waals surface area (Å²) < 4.78 is 6.11. The predicted octanol–water partition coefficient (Wildman–Crippen LogP) is 3.32. The normalized spacial score (nSPS) is 22.1. The number of piperazine rings is 1. The van der Waals surface area contributed by atoms with Crippen molar-refractivity contribution in [2.75, 3.05) is 20.1 Å². The molecule has 4 amide bonds. The third-order valence-electron chi connectivity index (χ3n) is 7.90. The van der Waals surface area contributed by atoms with Crippen molar-refractivity contribution in [3.63, 3.8) is 0 Å². The van der Waals surface area contributed by atoms with E-state index in [2.05, 4.69) is 11.4 Å². The number of carbonyl (C=O) groups is 3. The fourth-order valence-corrected chi connectivity index (χ4v) is 5.94. The Kier molecular flexibility index (Phi) is 6.89. The van der Waals surface area contributed by atoms with Crippen LogP contribution < -0.4 is 10.1 Å². The Morgan fingerprint density at radius 1 is 1.00 bits per heavy atom. The van der Waals surface area contributed by atoms with Gasteiger partial charge in [0.25, 0.3) is 5.91 Å². The van der Waals surface area contributed by atoms with E-state index in [1.54, 1.807) is 21.9 Å². The molecule has 3 aliphatic heterocycles. The maximum atomic E-state index is 14.0. The van der Waals surface area contributed by atoms with Crippen molar-refractivity contribution in [3.8, 4) is 5.75 Å². The largest absolute Gasteiger partial charge is 0.490 e. The standard InChI is InChI=1S/C31H33N5O4/c1-21-16-24-14-9-15-25(29(24)40-21)18-34-19-26-35(33(2)31(39)32-17-22-10-5-3-6-11-22)20-27(37)36(26)28(30(34)38)23-12-7-4-8-13-23/h3-15,21,26,28H,16-20H2,1-2H3,(H,32,39)/t21?,26-,28+/m1/s1. The molecule has 0 bridgehead atoms. The van der Waals surface area contributed by atoms with Gasteiger partial charge in [0.1, 0.15) is 24.1 Å². The minimum atomic E-state index is -0.783. The average molecular weight is 540 g/mol. The number of ether oxygens (including phenoxy) is 1. The monoisotopic (exact) mass is 539 g/mol. The Morgan fingerprint density at radius 3 is 2.48 bits per heavy atom. The molecule has 9 heteroatoms. The van der Waals surface area contributed by atoms with Crippen molar-refractivity contribution in [1.29, 1.82) is 0 Å². The lowest BCUT2D eigenvalue weighted by molar-refractivity contribution is -0.157. The number of amides is 4. The minimum absolute atomic E-state index is 0.00569. The van der Waals surface area contributed by atoms with E-state index >= 15 is 0 Å². The molecule has 206 valence electrons. The smallest absolute Gasteiger partial charge is 0.332 e. The van der Waals surface area contributed by atoms with Gasteiger partial charge in [0.2, 0.25) is 5.91 Å². The highest BCUT2D eigenvalue weighted by atomic mass is 16.5. The van der Waals surface area contributed by atoms with E-state index < -0.39 is 12.2 Å². The maximum absolute atomic E-state index is 14.0. The van der Waals surface area contributed by atoms with Gasteiger partial charge < -0.3 is 19.9 Å². The van der Waals surface area contributed by atoms with Crippen LogP contribution >= 0.6 is 0 Å². The molecule has 9 nitrogen and oxygen atoms in total. The number of nitrogens with zero attached hydrogens (tertiary/aromatic N) is 4. The molecule has 2 saturated heterocycles. The van der Waals surface area contributed by atoms with Gasteiger partial charge in [0.15, 0.2) is 0 Å². The van der Waals surface area contributed by atoms with Crippen LogP contribution in [0.25, 0.3) is 0 Å². The highest BCUT2D eigenvalue weighted by Crippen LogP contribution is 2.38. The van der Waals surface area contributed by atoms with Crippen molar-refractivity contribution in [1.82, 2.24) is 25.1 Å². The van der Waals surface area contributed by atoms with Crippen molar-refractivity contribution < 1.29 is 19.1 Å². The zero-order chi connectivity index (χ0) is 27.8. The second-order valence-electron chi connectivity index (χ2n) is 10.6. The Bertz CT molecular complexity index is 1420. The Labute approximate surface area is 233 Å².